The van der Waals surface area contributed by atoms with Gasteiger partial charge >= 0.3 is 0 Å². The number of halogens is 1. The highest BCUT2D eigenvalue weighted by atomic mass is 32.1. The Hall–Kier alpha value is -2.61. The van der Waals surface area contributed by atoms with Crippen molar-refractivity contribution in [1.29, 1.82) is 0 Å². The van der Waals surface area contributed by atoms with Crippen molar-refractivity contribution in [3.05, 3.63) is 47.1 Å². The van der Waals surface area contributed by atoms with Crippen LogP contribution in [0.4, 0.5) is 4.39 Å². The van der Waals surface area contributed by atoms with Crippen molar-refractivity contribution in [3.8, 4) is 5.88 Å². The van der Waals surface area contributed by atoms with Gasteiger partial charge in [-0.25, -0.2) is 9.97 Å². The van der Waals surface area contributed by atoms with Crippen molar-refractivity contribution in [1.82, 2.24) is 19.9 Å². The fraction of sp³-hybridized carbons (Fsp3) is 0.333. The number of amides is 1. The number of benzene rings is 1. The lowest BCUT2D eigenvalue weighted by Crippen LogP contribution is -2.31. The van der Waals surface area contributed by atoms with Crippen molar-refractivity contribution in [3.63, 3.8) is 0 Å². The topological polar surface area (TPSA) is 68.2 Å². The SMILES string of the molecule is CCc1ncnc(OC2CCN(C(=O)c3ccc4ncsc4c3)C2)c1F. The van der Waals surface area contributed by atoms with E-state index in [2.05, 4.69) is 15.0 Å². The lowest BCUT2D eigenvalue weighted by Gasteiger charge is -2.17. The summed E-state index contributed by atoms with van der Waals surface area (Å²) in [6, 6.07) is 5.50. The minimum Gasteiger partial charge on any atom is -0.470 e. The largest absolute Gasteiger partial charge is 0.470 e. The molecule has 3 aromatic rings. The Morgan fingerprint density at radius 2 is 2.27 bits per heavy atom. The fourth-order valence-electron chi connectivity index (χ4n) is 3.05. The average molecular weight is 372 g/mol. The van der Waals surface area contributed by atoms with E-state index in [1.54, 1.807) is 16.5 Å². The van der Waals surface area contributed by atoms with Crippen LogP contribution in [-0.2, 0) is 6.42 Å². The summed E-state index contributed by atoms with van der Waals surface area (Å²) in [4.78, 5) is 26.5. The molecule has 1 amide bonds. The number of carbonyl (C=O) groups excluding carboxylic acids is 1. The molecule has 8 heteroatoms. The quantitative estimate of drug-likeness (QED) is 0.704. The first-order valence-electron chi connectivity index (χ1n) is 8.44. The molecular weight excluding hydrogens is 355 g/mol. The van der Waals surface area contributed by atoms with E-state index in [4.69, 9.17) is 4.74 Å². The van der Waals surface area contributed by atoms with Crippen molar-refractivity contribution in [2.24, 2.45) is 0 Å². The van der Waals surface area contributed by atoms with Gasteiger partial charge in [0.05, 0.1) is 28.0 Å². The van der Waals surface area contributed by atoms with Gasteiger partial charge in [-0.05, 0) is 24.6 Å². The Kier molecular flexibility index (Phi) is 4.50. The molecule has 1 unspecified atom stereocenters. The number of aryl methyl sites for hydroxylation is 1. The summed E-state index contributed by atoms with van der Waals surface area (Å²) in [5, 5.41) is 0. The van der Waals surface area contributed by atoms with Gasteiger partial charge in [0.15, 0.2) is 0 Å². The number of hydrogen-bond donors (Lipinski definition) is 0. The van der Waals surface area contributed by atoms with Crippen LogP contribution < -0.4 is 4.74 Å². The zero-order valence-electron chi connectivity index (χ0n) is 14.2. The normalized spacial score (nSPS) is 17.0. The van der Waals surface area contributed by atoms with Gasteiger partial charge in [-0.1, -0.05) is 6.92 Å². The van der Waals surface area contributed by atoms with Crippen molar-refractivity contribution in [2.45, 2.75) is 25.9 Å². The predicted octanol–water partition coefficient (Wildman–Crippen LogP) is 3.08. The van der Waals surface area contributed by atoms with Crippen molar-refractivity contribution >= 4 is 27.5 Å². The first kappa shape index (κ1) is 16.8. The molecule has 1 aliphatic heterocycles. The minimum absolute atomic E-state index is 0.0396. The van der Waals surface area contributed by atoms with Crippen LogP contribution >= 0.6 is 11.3 Å². The van der Waals surface area contributed by atoms with E-state index in [1.165, 1.54) is 17.7 Å². The molecule has 1 saturated heterocycles. The Balaban J connectivity index is 1.45. The summed E-state index contributed by atoms with van der Waals surface area (Å²) in [6.45, 7) is 2.80. The number of carbonyl (C=O) groups is 1. The van der Waals surface area contributed by atoms with Crippen molar-refractivity contribution in [2.75, 3.05) is 13.1 Å². The molecule has 0 aliphatic carbocycles. The van der Waals surface area contributed by atoms with Crippen LogP contribution in [0.2, 0.25) is 0 Å². The second-order valence-electron chi connectivity index (χ2n) is 6.11. The van der Waals surface area contributed by atoms with Gasteiger partial charge < -0.3 is 9.64 Å². The molecule has 0 radical (unpaired) electrons. The Bertz CT molecular complexity index is 961. The molecule has 134 valence electrons. The van der Waals surface area contributed by atoms with Crippen LogP contribution in [0.3, 0.4) is 0 Å². The molecular formula is C18H17FN4O2S. The summed E-state index contributed by atoms with van der Waals surface area (Å²) in [6.07, 6.45) is 2.14. The summed E-state index contributed by atoms with van der Waals surface area (Å²) >= 11 is 1.51. The van der Waals surface area contributed by atoms with E-state index in [9.17, 15) is 9.18 Å². The second-order valence-corrected chi connectivity index (χ2v) is 6.99. The van der Waals surface area contributed by atoms with Gasteiger partial charge in [-0.3, -0.25) is 4.79 Å². The predicted molar refractivity (Wildman–Crippen MR) is 95.9 cm³/mol. The van der Waals surface area contributed by atoms with E-state index in [-0.39, 0.29) is 17.9 Å². The second kappa shape index (κ2) is 6.95. The van der Waals surface area contributed by atoms with Gasteiger partial charge in [-0.2, -0.15) is 9.37 Å². The summed E-state index contributed by atoms with van der Waals surface area (Å²) in [7, 11) is 0. The van der Waals surface area contributed by atoms with E-state index in [0.717, 1.165) is 10.2 Å². The highest BCUT2D eigenvalue weighted by Gasteiger charge is 2.29. The molecule has 3 heterocycles. The number of thiazole rings is 1. The number of fused-ring (bicyclic) bond motifs is 1. The molecule has 1 aliphatic rings. The zero-order chi connectivity index (χ0) is 18.1. The number of ether oxygens (including phenoxy) is 1. The minimum atomic E-state index is -0.518. The van der Waals surface area contributed by atoms with Crippen molar-refractivity contribution < 1.29 is 13.9 Å². The first-order valence-corrected chi connectivity index (χ1v) is 9.32. The summed E-state index contributed by atoms with van der Waals surface area (Å²) in [5.41, 5.74) is 3.61. The lowest BCUT2D eigenvalue weighted by molar-refractivity contribution is 0.0770. The smallest absolute Gasteiger partial charge is 0.254 e. The maximum absolute atomic E-state index is 14.2. The van der Waals surface area contributed by atoms with Gasteiger partial charge in [0.2, 0.25) is 5.82 Å². The Morgan fingerprint density at radius 1 is 1.38 bits per heavy atom. The average Bonchev–Trinajstić information content (AvgIpc) is 3.31. The first-order chi connectivity index (χ1) is 12.7. The number of aromatic nitrogens is 3. The third-order valence-corrected chi connectivity index (χ3v) is 5.25. The maximum atomic E-state index is 14.2. The number of likely N-dealkylation sites (tertiary alicyclic amines) is 1. The van der Waals surface area contributed by atoms with Gasteiger partial charge in [0, 0.05) is 18.5 Å². The number of rotatable bonds is 4. The third kappa shape index (κ3) is 3.12. The van der Waals surface area contributed by atoms with E-state index in [1.807, 2.05) is 19.1 Å². The number of hydrogen-bond acceptors (Lipinski definition) is 6. The molecule has 0 N–H and O–H groups in total. The Morgan fingerprint density at radius 3 is 3.12 bits per heavy atom. The fourth-order valence-corrected chi connectivity index (χ4v) is 3.77. The van der Waals surface area contributed by atoms with E-state index in [0.29, 0.717) is 37.2 Å². The highest BCUT2D eigenvalue weighted by molar-refractivity contribution is 7.16. The van der Waals surface area contributed by atoms with Gasteiger partial charge in [0.1, 0.15) is 12.4 Å². The summed E-state index contributed by atoms with van der Waals surface area (Å²) < 4.78 is 20.9. The van der Waals surface area contributed by atoms with Crippen LogP contribution in [-0.4, -0.2) is 45.0 Å². The molecule has 1 atom stereocenters. The molecule has 4 rings (SSSR count). The highest BCUT2D eigenvalue weighted by Crippen LogP contribution is 2.24. The van der Waals surface area contributed by atoms with Gasteiger partial charge in [0.25, 0.3) is 11.8 Å². The molecule has 6 nitrogen and oxygen atoms in total. The Labute approximate surface area is 153 Å². The summed E-state index contributed by atoms with van der Waals surface area (Å²) in [5.74, 6) is -0.610. The third-order valence-electron chi connectivity index (χ3n) is 4.45. The van der Waals surface area contributed by atoms with E-state index < -0.39 is 5.82 Å². The van der Waals surface area contributed by atoms with Crippen LogP contribution in [0.25, 0.3) is 10.2 Å². The molecule has 2 aromatic heterocycles. The van der Waals surface area contributed by atoms with Crippen LogP contribution in [0.5, 0.6) is 5.88 Å². The molecule has 26 heavy (non-hydrogen) atoms. The van der Waals surface area contributed by atoms with Crippen LogP contribution in [0.1, 0.15) is 29.4 Å². The van der Waals surface area contributed by atoms with E-state index >= 15 is 0 Å². The van der Waals surface area contributed by atoms with Gasteiger partial charge in [-0.15, -0.1) is 11.3 Å². The molecule has 0 bridgehead atoms. The molecule has 1 fully saturated rings. The number of nitrogens with zero attached hydrogens (tertiary/aromatic N) is 4. The standard InChI is InChI=1S/C18H17FN4O2S/c1-2-13-16(19)17(21-9-20-13)25-12-5-6-23(8-12)18(24)11-3-4-14-15(7-11)26-10-22-14/h3-4,7,9-10,12H,2,5-6,8H2,1H3. The zero-order valence-corrected chi connectivity index (χ0v) is 15.0. The maximum Gasteiger partial charge on any atom is 0.254 e. The molecule has 1 aromatic carbocycles. The van der Waals surface area contributed by atoms with Crippen LogP contribution in [0.15, 0.2) is 30.0 Å². The molecule has 0 spiro atoms. The van der Waals surface area contributed by atoms with Crippen LogP contribution in [0, 0.1) is 5.82 Å². The molecule has 0 saturated carbocycles. The monoisotopic (exact) mass is 372 g/mol. The lowest BCUT2D eigenvalue weighted by atomic mass is 10.2.